The summed E-state index contributed by atoms with van der Waals surface area (Å²) < 4.78 is 12.9. The maximum atomic E-state index is 12.9. The minimum atomic E-state index is -0.525. The van der Waals surface area contributed by atoms with Gasteiger partial charge in [0.25, 0.3) is 5.91 Å². The summed E-state index contributed by atoms with van der Waals surface area (Å²) in [6.45, 7) is 8.95. The van der Waals surface area contributed by atoms with Gasteiger partial charge >= 0.3 is 0 Å². The third-order valence-corrected chi connectivity index (χ3v) is 16.1. The number of thiophene rings is 2. The molecule has 1 saturated carbocycles. The summed E-state index contributed by atoms with van der Waals surface area (Å²) in [5, 5.41) is 13.3. The molecular weight excluding hydrogens is 1020 g/mol. The van der Waals surface area contributed by atoms with E-state index in [2.05, 4.69) is 51.6 Å². The number of likely N-dealkylation sites (N-methyl/N-ethyl adjacent to an activating group) is 1. The number of Topliss-reactive ketones (excluding diaryl/α,β-unsaturated/α-hetero) is 2. The molecule has 0 spiro atoms. The first-order valence-corrected chi connectivity index (χ1v) is 26.7. The second kappa shape index (κ2) is 21.9. The molecule has 4 amide bonds. The number of H-pyrrole nitrogens is 1. The first kappa shape index (κ1) is 50.5. The molecule has 10 heterocycles. The number of piperazine rings is 1. The van der Waals surface area contributed by atoms with Gasteiger partial charge in [-0.05, 0) is 18.2 Å². The number of nitrogens with two attached hydrogens (primary N) is 1. The summed E-state index contributed by atoms with van der Waals surface area (Å²) in [6.07, 6.45) is 5.37. The molecule has 24 nitrogen and oxygen atoms in total. The first-order valence-electron chi connectivity index (χ1n) is 25.1. The molecule has 26 heteroatoms. The third-order valence-electron chi connectivity index (χ3n) is 13.9. The van der Waals surface area contributed by atoms with Gasteiger partial charge in [-0.15, -0.1) is 22.7 Å². The highest BCUT2D eigenvalue weighted by Crippen LogP contribution is 2.37. The van der Waals surface area contributed by atoms with Crippen molar-refractivity contribution in [2.75, 3.05) is 114 Å². The fourth-order valence-corrected chi connectivity index (χ4v) is 12.1. The van der Waals surface area contributed by atoms with Crippen LogP contribution in [0.5, 0.6) is 0 Å². The zero-order valence-corrected chi connectivity index (χ0v) is 43.2. The van der Waals surface area contributed by atoms with Gasteiger partial charge in [0, 0.05) is 114 Å². The van der Waals surface area contributed by atoms with Gasteiger partial charge < -0.3 is 45.4 Å². The van der Waals surface area contributed by atoms with Gasteiger partial charge in [-0.25, -0.2) is 29.9 Å². The molecule has 0 bridgehead atoms. The van der Waals surface area contributed by atoms with Crippen molar-refractivity contribution in [2.24, 2.45) is 5.92 Å². The second-order valence-corrected chi connectivity index (χ2v) is 21.3. The van der Waals surface area contributed by atoms with E-state index in [0.717, 1.165) is 75.7 Å². The number of morpholine rings is 2. The number of hydrogen-bond donors (Lipinski definition) is 4. The molecule has 4 aliphatic heterocycles. The van der Waals surface area contributed by atoms with Crippen molar-refractivity contribution in [2.45, 2.75) is 31.8 Å². The minimum Gasteiger partial charge on any atom is -0.378 e. The Morgan fingerprint density at radius 1 is 0.789 bits per heavy atom. The number of carbonyl (C=O) groups excluding carboxylic acids is 6. The van der Waals surface area contributed by atoms with Gasteiger partial charge in [0.2, 0.25) is 23.7 Å². The van der Waals surface area contributed by atoms with Crippen LogP contribution in [0.4, 0.5) is 17.6 Å². The maximum absolute atomic E-state index is 12.9. The normalized spacial score (nSPS) is 18.8. The number of β-lactam (4-membered cyclic amide) rings is 1. The summed E-state index contributed by atoms with van der Waals surface area (Å²) in [6, 6.07) is 9.13. The predicted molar refractivity (Wildman–Crippen MR) is 283 cm³/mol. The molecule has 0 radical (unpaired) electrons. The summed E-state index contributed by atoms with van der Waals surface area (Å²) in [4.78, 5) is 113. The van der Waals surface area contributed by atoms with Crippen molar-refractivity contribution in [1.29, 1.82) is 0 Å². The third kappa shape index (κ3) is 10.9. The maximum Gasteiger partial charge on any atom is 0.261 e. The van der Waals surface area contributed by atoms with Crippen molar-refractivity contribution in [3.63, 3.8) is 0 Å². The molecule has 1 aliphatic carbocycles. The predicted octanol–water partition coefficient (Wildman–Crippen LogP) is 1.91. The van der Waals surface area contributed by atoms with Crippen LogP contribution in [0.25, 0.3) is 54.1 Å². The van der Waals surface area contributed by atoms with Crippen LogP contribution in [-0.4, -0.2) is 195 Å². The van der Waals surface area contributed by atoms with Crippen molar-refractivity contribution < 1.29 is 38.2 Å². The van der Waals surface area contributed by atoms with E-state index in [-0.39, 0.29) is 61.0 Å². The number of hydrogen-bond acceptors (Lipinski definition) is 21. The largest absolute Gasteiger partial charge is 0.378 e. The van der Waals surface area contributed by atoms with Crippen molar-refractivity contribution in [3.05, 3.63) is 58.7 Å². The van der Waals surface area contributed by atoms with Crippen LogP contribution < -0.4 is 26.2 Å². The number of ether oxygens (including phenoxy) is 2. The van der Waals surface area contributed by atoms with E-state index in [0.29, 0.717) is 86.8 Å². The standard InChI is InChI=1S/C26H30N8O4S.C24H24N8O4S/c27-26-28-13-17(14-29-26)23-30-21-12-20(39-22(21)24(31-23)33-5-7-38-8-6-33)15-32-1-3-34(4-2-32)25(37)16-9-18(35)11-19(36)10-16;1-31-12-17(24(31)35)27-19(33)11-25-23(34)18-9-16-20(37-18)22(32-5-7-36-8-6-32)29-21(28-16)13-3-2-4-15-14(13)10-26-30-15/h12-14,16H,1-11,15H2,(H2,27,28,29);2-4,9-10,17H,5-8,11-12H2,1H3,(H,25,34)(H,26,30)(H,27,33). The molecular formula is C50H54N16O8S2. The molecule has 4 saturated heterocycles. The van der Waals surface area contributed by atoms with E-state index in [9.17, 15) is 28.8 Å². The SMILES string of the molecule is CN1CC(NC(=O)CNC(=O)c2cc3nc(-c4cccc5[nH]ncc45)nc(N4CCOCC4)c3s2)C1=O.Nc1ncc(-c2nc(N3CCOCC3)c3sc(CN4CCN(C(=O)C5CC(=O)CC(=O)C5)CC4)cc3n2)cn1. The van der Waals surface area contributed by atoms with Crippen LogP contribution in [0, 0.1) is 5.92 Å². The zero-order chi connectivity index (χ0) is 52.5. The number of likely N-dealkylation sites (tertiary alicyclic amines) is 1. The number of nitrogens with one attached hydrogen (secondary N) is 3. The fourth-order valence-electron chi connectivity index (χ4n) is 9.88. The quantitative estimate of drug-likeness (QED) is 0.106. The Morgan fingerprint density at radius 3 is 2.11 bits per heavy atom. The van der Waals surface area contributed by atoms with Crippen LogP contribution in [0.3, 0.4) is 0 Å². The van der Waals surface area contributed by atoms with Crippen LogP contribution in [-0.2, 0) is 40.0 Å². The van der Waals surface area contributed by atoms with Gasteiger partial charge in [-0.1, -0.05) is 12.1 Å². The summed E-state index contributed by atoms with van der Waals surface area (Å²) in [5.74, 6) is 1.19. The summed E-state index contributed by atoms with van der Waals surface area (Å²) in [5.41, 5.74) is 9.62. The van der Waals surface area contributed by atoms with Gasteiger partial charge in [0.05, 0.1) is 87.9 Å². The van der Waals surface area contributed by atoms with Gasteiger partial charge in [-0.3, -0.25) is 38.8 Å². The smallest absolute Gasteiger partial charge is 0.261 e. The molecule has 12 rings (SSSR count). The number of aromatic nitrogens is 8. The topological polar surface area (TPSA) is 293 Å². The second-order valence-electron chi connectivity index (χ2n) is 19.1. The number of ketones is 2. The number of rotatable bonds is 11. The van der Waals surface area contributed by atoms with Crippen LogP contribution >= 0.6 is 22.7 Å². The van der Waals surface area contributed by atoms with Gasteiger partial charge in [0.15, 0.2) is 23.3 Å². The van der Waals surface area contributed by atoms with E-state index >= 15 is 0 Å². The van der Waals surface area contributed by atoms with E-state index in [1.54, 1.807) is 47.9 Å². The number of nitrogens with zero attached hydrogens (tertiary/aromatic N) is 12. The number of benzene rings is 1. The number of fused-ring (bicyclic) bond motifs is 3. The monoisotopic (exact) mass is 1070 g/mol. The summed E-state index contributed by atoms with van der Waals surface area (Å²) >= 11 is 2.98. The number of anilines is 3. The van der Waals surface area contributed by atoms with Crippen molar-refractivity contribution in [3.8, 4) is 22.8 Å². The van der Waals surface area contributed by atoms with E-state index in [4.69, 9.17) is 35.1 Å². The van der Waals surface area contributed by atoms with Crippen LogP contribution in [0.1, 0.15) is 33.8 Å². The molecule has 394 valence electrons. The zero-order valence-electron chi connectivity index (χ0n) is 41.5. The highest BCUT2D eigenvalue weighted by Gasteiger charge is 2.36. The highest BCUT2D eigenvalue weighted by atomic mass is 32.1. The average molecular weight is 1070 g/mol. The Hall–Kier alpha value is -7.65. The fraction of sp³-hybridized carbons (Fsp3) is 0.420. The Labute approximate surface area is 442 Å². The molecule has 1 atom stereocenters. The lowest BCUT2D eigenvalue weighted by Gasteiger charge is -2.36. The Kier molecular flexibility index (Phi) is 14.6. The van der Waals surface area contributed by atoms with Crippen LogP contribution in [0.15, 0.2) is 48.9 Å². The Morgan fingerprint density at radius 2 is 1.43 bits per heavy atom. The minimum absolute atomic E-state index is 0.0282. The number of amides is 4. The van der Waals surface area contributed by atoms with E-state index in [1.807, 2.05) is 18.2 Å². The van der Waals surface area contributed by atoms with Gasteiger partial charge in [-0.2, -0.15) is 5.10 Å². The lowest BCUT2D eigenvalue weighted by atomic mass is 9.86. The van der Waals surface area contributed by atoms with Crippen LogP contribution in [0.2, 0.25) is 0 Å². The molecule has 7 aromatic rings. The number of aromatic amines is 1. The molecule has 76 heavy (non-hydrogen) atoms. The molecule has 6 aromatic heterocycles. The number of nitrogen functional groups attached to an aromatic ring is 1. The number of carbonyl (C=O) groups is 6. The Bertz CT molecular complexity index is 3350. The van der Waals surface area contributed by atoms with Crippen molar-refractivity contribution >= 4 is 107 Å². The average Bonchev–Trinajstić information content (AvgIpc) is 4.25. The summed E-state index contributed by atoms with van der Waals surface area (Å²) in [7, 11) is 1.67. The molecule has 5 N–H and O–H groups in total. The first-order chi connectivity index (χ1) is 36.9. The molecule has 5 aliphatic rings. The molecule has 1 aromatic carbocycles. The molecule has 5 fully saturated rings. The highest BCUT2D eigenvalue weighted by molar-refractivity contribution is 7.21. The lowest BCUT2D eigenvalue weighted by molar-refractivity contribution is -0.144. The van der Waals surface area contributed by atoms with Gasteiger partial charge in [0.1, 0.15) is 17.6 Å². The lowest BCUT2D eigenvalue weighted by Crippen LogP contribution is -2.63. The van der Waals surface area contributed by atoms with E-state index in [1.165, 1.54) is 21.1 Å². The van der Waals surface area contributed by atoms with E-state index < -0.39 is 17.9 Å². The molecule has 1 unspecified atom stereocenters. The Balaban J connectivity index is 0.000000162. The van der Waals surface area contributed by atoms with Crippen molar-refractivity contribution in [1.82, 2.24) is 65.4 Å².